The molecule has 0 spiro atoms. The normalized spacial score (nSPS) is 12.4. The van der Waals surface area contributed by atoms with Crippen LogP contribution < -0.4 is 11.3 Å². The minimum atomic E-state index is -0.281. The Morgan fingerprint density at radius 3 is 2.60 bits per heavy atom. The molecule has 0 aliphatic heterocycles. The Bertz CT molecular complexity index is 570. The van der Waals surface area contributed by atoms with E-state index in [0.717, 1.165) is 16.0 Å². The molecule has 0 heterocycles. The van der Waals surface area contributed by atoms with Crippen molar-refractivity contribution in [1.29, 1.82) is 0 Å². The Labute approximate surface area is 121 Å². The summed E-state index contributed by atoms with van der Waals surface area (Å²) in [6, 6.07) is 11.0. The van der Waals surface area contributed by atoms with Crippen molar-refractivity contribution in [3.8, 4) is 0 Å². The zero-order valence-corrected chi connectivity index (χ0v) is 11.9. The van der Waals surface area contributed by atoms with E-state index in [4.69, 9.17) is 5.84 Å². The number of benzene rings is 2. The van der Waals surface area contributed by atoms with Gasteiger partial charge in [-0.05, 0) is 48.4 Å². The van der Waals surface area contributed by atoms with Crippen molar-refractivity contribution in [3.05, 3.63) is 65.2 Å². The lowest BCUT2D eigenvalue weighted by Crippen LogP contribution is -2.29. The van der Waals surface area contributed by atoms with E-state index in [2.05, 4.69) is 5.43 Å². The second-order valence-corrected chi connectivity index (χ2v) is 5.64. The van der Waals surface area contributed by atoms with E-state index in [1.807, 2.05) is 19.1 Å². The highest BCUT2D eigenvalue weighted by Crippen LogP contribution is 2.25. The smallest absolute Gasteiger partial charge is 0.124 e. The summed E-state index contributed by atoms with van der Waals surface area (Å²) in [6.07, 6.45) is 0. The Hall–Kier alpha value is -1.43. The van der Waals surface area contributed by atoms with Crippen molar-refractivity contribution < 1.29 is 8.78 Å². The van der Waals surface area contributed by atoms with Gasteiger partial charge in [0.1, 0.15) is 11.6 Å². The summed E-state index contributed by atoms with van der Waals surface area (Å²) >= 11 is 1.47. The van der Waals surface area contributed by atoms with Crippen molar-refractivity contribution in [1.82, 2.24) is 5.43 Å². The number of nitrogens with two attached hydrogens (primary N) is 1. The topological polar surface area (TPSA) is 38.0 Å². The van der Waals surface area contributed by atoms with Gasteiger partial charge < -0.3 is 0 Å². The van der Waals surface area contributed by atoms with E-state index in [0.29, 0.717) is 5.75 Å². The number of hydrazine groups is 1. The molecule has 5 heteroatoms. The molecule has 0 aromatic heterocycles. The SMILES string of the molecule is Cc1cc(F)cc(C(CSc2cccc(F)c2)NN)c1. The minimum Gasteiger partial charge on any atom is -0.271 e. The first kappa shape index (κ1) is 15.0. The standard InChI is InChI=1S/C15H16F2N2S/c1-10-5-11(7-13(17)6-10)15(19-18)9-20-14-4-2-3-12(16)8-14/h2-8,15,19H,9,18H2,1H3. The molecule has 0 radical (unpaired) electrons. The van der Waals surface area contributed by atoms with Gasteiger partial charge in [-0.3, -0.25) is 11.3 Å². The van der Waals surface area contributed by atoms with Gasteiger partial charge in [-0.1, -0.05) is 12.1 Å². The van der Waals surface area contributed by atoms with Crippen molar-refractivity contribution in [3.63, 3.8) is 0 Å². The van der Waals surface area contributed by atoms with Crippen LogP contribution in [0.2, 0.25) is 0 Å². The van der Waals surface area contributed by atoms with Crippen LogP contribution in [0.4, 0.5) is 8.78 Å². The second kappa shape index (κ2) is 6.83. The predicted octanol–water partition coefficient (Wildman–Crippen LogP) is 3.57. The second-order valence-electron chi connectivity index (χ2n) is 4.55. The van der Waals surface area contributed by atoms with Crippen LogP contribution >= 0.6 is 11.8 Å². The summed E-state index contributed by atoms with van der Waals surface area (Å²) in [6.45, 7) is 1.83. The summed E-state index contributed by atoms with van der Waals surface area (Å²) in [5, 5.41) is 0. The van der Waals surface area contributed by atoms with Gasteiger partial charge in [0.2, 0.25) is 0 Å². The Balaban J connectivity index is 2.09. The molecule has 0 aliphatic rings. The molecule has 0 amide bonds. The van der Waals surface area contributed by atoms with E-state index in [1.54, 1.807) is 6.07 Å². The fraction of sp³-hybridized carbons (Fsp3) is 0.200. The van der Waals surface area contributed by atoms with E-state index in [-0.39, 0.29) is 17.7 Å². The van der Waals surface area contributed by atoms with Gasteiger partial charge in [0.15, 0.2) is 0 Å². The van der Waals surface area contributed by atoms with Gasteiger partial charge in [0.05, 0.1) is 6.04 Å². The monoisotopic (exact) mass is 294 g/mol. The third-order valence-electron chi connectivity index (χ3n) is 2.88. The van der Waals surface area contributed by atoms with Crippen LogP contribution in [0.3, 0.4) is 0 Å². The third kappa shape index (κ3) is 4.03. The fourth-order valence-electron chi connectivity index (χ4n) is 1.94. The molecule has 0 aliphatic carbocycles. The van der Waals surface area contributed by atoms with Crippen LogP contribution in [0.25, 0.3) is 0 Å². The van der Waals surface area contributed by atoms with E-state index < -0.39 is 0 Å². The molecule has 2 aromatic rings. The largest absolute Gasteiger partial charge is 0.271 e. The lowest BCUT2D eigenvalue weighted by atomic mass is 10.1. The van der Waals surface area contributed by atoms with Gasteiger partial charge >= 0.3 is 0 Å². The average molecular weight is 294 g/mol. The molecule has 0 fully saturated rings. The van der Waals surface area contributed by atoms with Crippen molar-refractivity contribution >= 4 is 11.8 Å². The molecule has 2 rings (SSSR count). The van der Waals surface area contributed by atoms with E-state index >= 15 is 0 Å². The minimum absolute atomic E-state index is 0.197. The first-order valence-corrected chi connectivity index (χ1v) is 7.18. The molecule has 2 aromatic carbocycles. The van der Waals surface area contributed by atoms with Gasteiger partial charge in [0.25, 0.3) is 0 Å². The van der Waals surface area contributed by atoms with Crippen LogP contribution in [0.1, 0.15) is 17.2 Å². The maximum absolute atomic E-state index is 13.4. The fourth-order valence-corrected chi connectivity index (χ4v) is 2.96. The highest BCUT2D eigenvalue weighted by Gasteiger charge is 2.12. The van der Waals surface area contributed by atoms with Crippen LogP contribution in [0.5, 0.6) is 0 Å². The number of aryl methyl sites for hydroxylation is 1. The summed E-state index contributed by atoms with van der Waals surface area (Å²) in [7, 11) is 0. The maximum Gasteiger partial charge on any atom is 0.124 e. The van der Waals surface area contributed by atoms with Crippen molar-refractivity contribution in [2.75, 3.05) is 5.75 Å². The van der Waals surface area contributed by atoms with Gasteiger partial charge in [0, 0.05) is 10.6 Å². The van der Waals surface area contributed by atoms with Crippen LogP contribution in [-0.4, -0.2) is 5.75 Å². The molecule has 0 saturated carbocycles. The van der Waals surface area contributed by atoms with Crippen LogP contribution in [-0.2, 0) is 0 Å². The summed E-state index contributed by atoms with van der Waals surface area (Å²) < 4.78 is 26.5. The lowest BCUT2D eigenvalue weighted by Gasteiger charge is -2.16. The number of hydrogen-bond donors (Lipinski definition) is 2. The third-order valence-corrected chi connectivity index (χ3v) is 3.97. The van der Waals surface area contributed by atoms with E-state index in [1.165, 1.54) is 36.0 Å². The number of halogens is 2. The van der Waals surface area contributed by atoms with Crippen molar-refractivity contribution in [2.45, 2.75) is 17.9 Å². The van der Waals surface area contributed by atoms with E-state index in [9.17, 15) is 8.78 Å². The van der Waals surface area contributed by atoms with Crippen LogP contribution in [0.15, 0.2) is 47.4 Å². The first-order chi connectivity index (χ1) is 9.58. The lowest BCUT2D eigenvalue weighted by molar-refractivity contribution is 0.590. The molecular formula is C15H16F2N2S. The highest BCUT2D eigenvalue weighted by atomic mass is 32.2. The predicted molar refractivity (Wildman–Crippen MR) is 78.3 cm³/mol. The number of nitrogens with one attached hydrogen (secondary N) is 1. The summed E-state index contributed by atoms with van der Waals surface area (Å²) in [5.74, 6) is 5.57. The van der Waals surface area contributed by atoms with Crippen LogP contribution in [0, 0.1) is 18.6 Å². The molecule has 1 atom stereocenters. The Kier molecular flexibility index (Phi) is 5.11. The van der Waals surface area contributed by atoms with Crippen molar-refractivity contribution in [2.24, 2.45) is 5.84 Å². The molecule has 0 saturated heterocycles. The molecular weight excluding hydrogens is 278 g/mol. The molecule has 3 N–H and O–H groups in total. The molecule has 20 heavy (non-hydrogen) atoms. The quantitative estimate of drug-likeness (QED) is 0.503. The molecule has 2 nitrogen and oxygen atoms in total. The maximum atomic E-state index is 13.4. The van der Waals surface area contributed by atoms with Gasteiger partial charge in [-0.2, -0.15) is 0 Å². The number of rotatable bonds is 5. The average Bonchev–Trinajstić information content (AvgIpc) is 2.38. The van der Waals surface area contributed by atoms with Gasteiger partial charge in [-0.25, -0.2) is 8.78 Å². The first-order valence-electron chi connectivity index (χ1n) is 6.20. The summed E-state index contributed by atoms with van der Waals surface area (Å²) in [4.78, 5) is 0.818. The molecule has 0 bridgehead atoms. The Morgan fingerprint density at radius 2 is 1.95 bits per heavy atom. The zero-order chi connectivity index (χ0) is 14.5. The zero-order valence-electron chi connectivity index (χ0n) is 11.1. The number of hydrogen-bond acceptors (Lipinski definition) is 3. The van der Waals surface area contributed by atoms with Gasteiger partial charge in [-0.15, -0.1) is 11.8 Å². The molecule has 106 valence electrons. The Morgan fingerprint density at radius 1 is 1.15 bits per heavy atom. The highest BCUT2D eigenvalue weighted by molar-refractivity contribution is 7.99. The number of thioether (sulfide) groups is 1. The molecule has 1 unspecified atom stereocenters. The summed E-state index contributed by atoms with van der Waals surface area (Å²) in [5.41, 5.74) is 4.31.